The molecule has 0 aliphatic heterocycles. The van der Waals surface area contributed by atoms with Crippen LogP contribution in [0.5, 0.6) is 0 Å². The maximum atomic E-state index is 8.87. The molecule has 1 N–H and O–H groups in total. The molecule has 0 heterocycles. The monoisotopic (exact) mass is 284 g/mol. The van der Waals surface area contributed by atoms with Gasteiger partial charge in [0.25, 0.3) is 0 Å². The Hall–Kier alpha value is -0.160. The second kappa shape index (κ2) is 5.91. The molecule has 4 aliphatic carbocycles. The van der Waals surface area contributed by atoms with Crippen molar-refractivity contribution in [1.82, 2.24) is 0 Å². The number of aliphatic hydroxyl groups excluding tert-OH is 1. The lowest BCUT2D eigenvalue weighted by Crippen LogP contribution is -2.60. The number of rotatable bonds is 7. The van der Waals surface area contributed by atoms with Crippen molar-refractivity contribution in [2.45, 2.75) is 63.8 Å². The third-order valence-electron chi connectivity index (χ3n) is 5.71. The molecule has 0 aromatic heterocycles. The third kappa shape index (κ3) is 2.52. The van der Waals surface area contributed by atoms with Gasteiger partial charge in [-0.3, -0.25) is 0 Å². The molecule has 0 saturated heterocycles. The SMILES string of the molecule is COC1(OO[C@H](C)CCCO)C2CC3CC(C2)CC1C3. The van der Waals surface area contributed by atoms with Gasteiger partial charge in [0, 0.05) is 25.6 Å². The minimum absolute atomic E-state index is 0.00589. The molecule has 0 aromatic carbocycles. The molecule has 0 unspecified atom stereocenters. The van der Waals surface area contributed by atoms with Gasteiger partial charge in [0.15, 0.2) is 0 Å². The second-order valence-electron chi connectivity index (χ2n) is 7.09. The van der Waals surface area contributed by atoms with E-state index in [-0.39, 0.29) is 12.7 Å². The van der Waals surface area contributed by atoms with Gasteiger partial charge in [-0.25, -0.2) is 9.78 Å². The first-order chi connectivity index (χ1) is 9.68. The fourth-order valence-electron chi connectivity index (χ4n) is 4.93. The lowest BCUT2D eigenvalue weighted by atomic mass is 9.53. The highest BCUT2D eigenvalue weighted by Crippen LogP contribution is 2.59. The Morgan fingerprint density at radius 2 is 1.70 bits per heavy atom. The largest absolute Gasteiger partial charge is 0.396 e. The average molecular weight is 284 g/mol. The Morgan fingerprint density at radius 3 is 2.20 bits per heavy atom. The molecule has 4 bridgehead atoms. The van der Waals surface area contributed by atoms with E-state index in [0.29, 0.717) is 11.8 Å². The summed E-state index contributed by atoms with van der Waals surface area (Å²) in [4.78, 5) is 11.5. The molecule has 4 nitrogen and oxygen atoms in total. The number of hydrogen-bond acceptors (Lipinski definition) is 4. The molecule has 4 aliphatic rings. The minimum Gasteiger partial charge on any atom is -0.396 e. The molecule has 0 spiro atoms. The Labute approximate surface area is 121 Å². The van der Waals surface area contributed by atoms with Crippen LogP contribution in [0.1, 0.15) is 51.9 Å². The second-order valence-corrected chi connectivity index (χ2v) is 7.09. The third-order valence-corrected chi connectivity index (χ3v) is 5.71. The Bertz CT molecular complexity index is 302. The van der Waals surface area contributed by atoms with Gasteiger partial charge in [0.05, 0.1) is 6.10 Å². The maximum absolute atomic E-state index is 8.87. The van der Waals surface area contributed by atoms with Gasteiger partial charge in [-0.05, 0) is 63.7 Å². The quantitative estimate of drug-likeness (QED) is 0.443. The molecular weight excluding hydrogens is 256 g/mol. The molecular formula is C16H28O4. The van der Waals surface area contributed by atoms with Crippen LogP contribution in [0.2, 0.25) is 0 Å². The first-order valence-corrected chi connectivity index (χ1v) is 8.18. The van der Waals surface area contributed by atoms with Crippen LogP contribution in [0.4, 0.5) is 0 Å². The van der Waals surface area contributed by atoms with E-state index < -0.39 is 5.79 Å². The van der Waals surface area contributed by atoms with Crippen molar-refractivity contribution in [2.24, 2.45) is 23.7 Å². The zero-order valence-electron chi connectivity index (χ0n) is 12.7. The smallest absolute Gasteiger partial charge is 0.207 e. The van der Waals surface area contributed by atoms with E-state index in [1.807, 2.05) is 6.92 Å². The van der Waals surface area contributed by atoms with Crippen LogP contribution in [0.3, 0.4) is 0 Å². The predicted molar refractivity (Wildman–Crippen MR) is 74.7 cm³/mol. The van der Waals surface area contributed by atoms with Crippen LogP contribution in [0.15, 0.2) is 0 Å². The summed E-state index contributed by atoms with van der Waals surface area (Å²) in [6.45, 7) is 2.20. The standard InChI is InChI=1S/C16H28O4/c1-11(4-3-5-17)19-20-16(18-2)14-7-12-6-13(9-14)10-15(16)8-12/h11-15,17H,3-10H2,1-2H3/t11-,12?,13?,14?,15?,16?/m1/s1. The van der Waals surface area contributed by atoms with Crippen LogP contribution in [0.25, 0.3) is 0 Å². The minimum atomic E-state index is -0.513. The molecule has 4 saturated carbocycles. The van der Waals surface area contributed by atoms with Crippen LogP contribution < -0.4 is 0 Å². The topological polar surface area (TPSA) is 47.9 Å². The first-order valence-electron chi connectivity index (χ1n) is 8.18. The summed E-state index contributed by atoms with van der Waals surface area (Å²) in [6.07, 6.45) is 7.92. The Morgan fingerprint density at radius 1 is 1.10 bits per heavy atom. The Balaban J connectivity index is 1.63. The van der Waals surface area contributed by atoms with Gasteiger partial charge in [-0.2, -0.15) is 0 Å². The van der Waals surface area contributed by atoms with Crippen molar-refractivity contribution >= 4 is 0 Å². The summed E-state index contributed by atoms with van der Waals surface area (Å²) in [5, 5.41) is 8.87. The normalized spacial score (nSPS) is 44.0. The molecule has 20 heavy (non-hydrogen) atoms. The van der Waals surface area contributed by atoms with E-state index in [1.54, 1.807) is 7.11 Å². The summed E-state index contributed by atoms with van der Waals surface area (Å²) in [7, 11) is 1.77. The van der Waals surface area contributed by atoms with Gasteiger partial charge in [0.2, 0.25) is 5.79 Å². The molecule has 0 radical (unpaired) electrons. The van der Waals surface area contributed by atoms with E-state index in [9.17, 15) is 0 Å². The number of aliphatic hydroxyl groups is 1. The van der Waals surface area contributed by atoms with Crippen molar-refractivity contribution in [3.05, 3.63) is 0 Å². The Kier molecular flexibility index (Phi) is 4.37. The molecule has 4 heteroatoms. The molecule has 1 atom stereocenters. The van der Waals surface area contributed by atoms with E-state index in [0.717, 1.165) is 24.7 Å². The highest BCUT2D eigenvalue weighted by Gasteiger charge is 2.60. The zero-order chi connectivity index (χ0) is 14.2. The van der Waals surface area contributed by atoms with Crippen molar-refractivity contribution < 1.29 is 19.6 Å². The predicted octanol–water partition coefficient (Wildman–Crippen LogP) is 2.89. The van der Waals surface area contributed by atoms with Gasteiger partial charge >= 0.3 is 0 Å². The van der Waals surface area contributed by atoms with Crippen LogP contribution in [-0.4, -0.2) is 30.7 Å². The first kappa shape index (κ1) is 14.8. The number of ether oxygens (including phenoxy) is 1. The highest BCUT2D eigenvalue weighted by molar-refractivity contribution is 5.03. The van der Waals surface area contributed by atoms with Gasteiger partial charge in [-0.1, -0.05) is 0 Å². The van der Waals surface area contributed by atoms with Crippen molar-refractivity contribution in [3.8, 4) is 0 Å². The van der Waals surface area contributed by atoms with Crippen molar-refractivity contribution in [2.75, 3.05) is 13.7 Å². The summed E-state index contributed by atoms with van der Waals surface area (Å²) >= 11 is 0. The lowest BCUT2D eigenvalue weighted by molar-refractivity contribution is -0.483. The van der Waals surface area contributed by atoms with Crippen LogP contribution in [0, 0.1) is 23.7 Å². The van der Waals surface area contributed by atoms with Gasteiger partial charge in [-0.15, -0.1) is 0 Å². The average Bonchev–Trinajstić information content (AvgIpc) is 2.44. The van der Waals surface area contributed by atoms with Crippen molar-refractivity contribution in [1.29, 1.82) is 0 Å². The molecule has 4 rings (SSSR count). The fourth-order valence-corrected chi connectivity index (χ4v) is 4.93. The number of hydrogen-bond donors (Lipinski definition) is 1. The summed E-state index contributed by atoms with van der Waals surface area (Å²) < 4.78 is 5.87. The summed E-state index contributed by atoms with van der Waals surface area (Å²) in [5.41, 5.74) is 0. The molecule has 4 fully saturated rings. The summed E-state index contributed by atoms with van der Waals surface area (Å²) in [5.74, 6) is 2.25. The molecule has 0 aromatic rings. The van der Waals surface area contributed by atoms with Crippen LogP contribution in [-0.2, 0) is 14.5 Å². The van der Waals surface area contributed by atoms with E-state index in [4.69, 9.17) is 19.6 Å². The highest BCUT2D eigenvalue weighted by atomic mass is 17.2. The molecule has 116 valence electrons. The number of methoxy groups -OCH3 is 1. The van der Waals surface area contributed by atoms with Crippen molar-refractivity contribution in [3.63, 3.8) is 0 Å². The summed E-state index contributed by atoms with van der Waals surface area (Å²) in [6, 6.07) is 0. The van der Waals surface area contributed by atoms with Gasteiger partial charge < -0.3 is 9.84 Å². The maximum Gasteiger partial charge on any atom is 0.207 e. The molecule has 0 amide bonds. The van der Waals surface area contributed by atoms with E-state index in [2.05, 4.69) is 0 Å². The van der Waals surface area contributed by atoms with E-state index in [1.165, 1.54) is 32.1 Å². The van der Waals surface area contributed by atoms with E-state index >= 15 is 0 Å². The van der Waals surface area contributed by atoms with Gasteiger partial charge in [0.1, 0.15) is 0 Å². The zero-order valence-corrected chi connectivity index (χ0v) is 12.7. The lowest BCUT2D eigenvalue weighted by Gasteiger charge is -2.58. The fraction of sp³-hybridized carbons (Fsp3) is 1.00. The van der Waals surface area contributed by atoms with Crippen LogP contribution >= 0.6 is 0 Å².